The molecule has 0 aromatic rings. The maximum atomic E-state index is 11.0. The van der Waals surface area contributed by atoms with E-state index in [1.54, 1.807) is 0 Å². The van der Waals surface area contributed by atoms with Gasteiger partial charge in [-0.1, -0.05) is 148 Å². The van der Waals surface area contributed by atoms with E-state index in [9.17, 15) is 9.90 Å². The molecular formula is C35H72NO3+. The zero-order chi connectivity index (χ0) is 29.1. The number of carbonyl (C=O) groups is 1. The van der Waals surface area contributed by atoms with Gasteiger partial charge in [0.1, 0.15) is 12.1 Å². The Morgan fingerprint density at radius 1 is 0.564 bits per heavy atom. The van der Waals surface area contributed by atoms with Crippen LogP contribution in [0.2, 0.25) is 0 Å². The molecule has 0 bridgehead atoms. The fourth-order valence-corrected chi connectivity index (χ4v) is 6.19. The van der Waals surface area contributed by atoms with E-state index in [1.807, 2.05) is 0 Å². The second kappa shape index (κ2) is 26.3. The molecular weight excluding hydrogens is 482 g/mol. The highest BCUT2D eigenvalue weighted by Crippen LogP contribution is 2.21. The molecule has 0 spiro atoms. The van der Waals surface area contributed by atoms with Crippen molar-refractivity contribution in [2.45, 2.75) is 193 Å². The second-order valence-corrected chi connectivity index (χ2v) is 13.7. The summed E-state index contributed by atoms with van der Waals surface area (Å²) in [4.78, 5) is 10.5. The van der Waals surface area contributed by atoms with Crippen LogP contribution in [-0.2, 0) is 4.79 Å². The number of quaternary nitrogens is 1. The standard InChI is InChI=1S/C35H71NO3/c1-5-6-7-8-9-10-11-12-13-14-15-16-19-22-25-28-31-35(2,39)33-36(3,4)32-29-26-23-20-17-18-21-24-27-30-34(37)38/h39H,5-33H2,1-4H3/p+1. The van der Waals surface area contributed by atoms with Gasteiger partial charge in [0.15, 0.2) is 0 Å². The smallest absolute Gasteiger partial charge is 0.303 e. The normalized spacial score (nSPS) is 13.6. The van der Waals surface area contributed by atoms with Crippen LogP contribution in [0, 0.1) is 0 Å². The molecule has 4 heteroatoms. The van der Waals surface area contributed by atoms with Gasteiger partial charge in [0.25, 0.3) is 0 Å². The Labute approximate surface area is 245 Å². The van der Waals surface area contributed by atoms with Gasteiger partial charge in [-0.2, -0.15) is 0 Å². The van der Waals surface area contributed by atoms with E-state index in [-0.39, 0.29) is 0 Å². The maximum Gasteiger partial charge on any atom is 0.303 e. The third-order valence-electron chi connectivity index (χ3n) is 8.49. The highest BCUT2D eigenvalue weighted by atomic mass is 16.4. The highest BCUT2D eigenvalue weighted by Gasteiger charge is 2.29. The molecule has 0 fully saturated rings. The van der Waals surface area contributed by atoms with Gasteiger partial charge in [-0.05, 0) is 32.6 Å². The van der Waals surface area contributed by atoms with Crippen molar-refractivity contribution in [2.24, 2.45) is 0 Å². The number of carboxylic acid groups (broad SMARTS) is 1. The first kappa shape index (κ1) is 38.4. The molecule has 0 aliphatic heterocycles. The lowest BCUT2D eigenvalue weighted by atomic mass is 9.96. The van der Waals surface area contributed by atoms with Crippen molar-refractivity contribution in [3.63, 3.8) is 0 Å². The fourth-order valence-electron chi connectivity index (χ4n) is 6.19. The number of carboxylic acids is 1. The average Bonchev–Trinajstić information content (AvgIpc) is 2.86. The fraction of sp³-hybridized carbons (Fsp3) is 0.971. The van der Waals surface area contributed by atoms with Crippen LogP contribution in [0.25, 0.3) is 0 Å². The van der Waals surface area contributed by atoms with Crippen LogP contribution < -0.4 is 0 Å². The number of nitrogens with zero attached hydrogens (tertiary/aromatic N) is 1. The van der Waals surface area contributed by atoms with E-state index in [0.29, 0.717) is 6.42 Å². The summed E-state index contributed by atoms with van der Waals surface area (Å²) >= 11 is 0. The van der Waals surface area contributed by atoms with Gasteiger partial charge in [-0.15, -0.1) is 0 Å². The van der Waals surface area contributed by atoms with Crippen LogP contribution in [0.5, 0.6) is 0 Å². The molecule has 1 atom stereocenters. The highest BCUT2D eigenvalue weighted by molar-refractivity contribution is 5.66. The summed E-state index contributed by atoms with van der Waals surface area (Å²) in [6.07, 6.45) is 34.1. The number of hydrogen-bond acceptors (Lipinski definition) is 2. The Hall–Kier alpha value is -0.610. The van der Waals surface area contributed by atoms with E-state index in [0.717, 1.165) is 43.3 Å². The van der Waals surface area contributed by atoms with Crippen molar-refractivity contribution in [3.8, 4) is 0 Å². The van der Waals surface area contributed by atoms with Gasteiger partial charge in [0, 0.05) is 6.42 Å². The minimum absolute atomic E-state index is 0.320. The Bertz CT molecular complexity index is 532. The maximum absolute atomic E-state index is 11.0. The molecule has 234 valence electrons. The van der Waals surface area contributed by atoms with E-state index in [1.165, 1.54) is 141 Å². The van der Waals surface area contributed by atoms with Crippen molar-refractivity contribution >= 4 is 5.97 Å². The third kappa shape index (κ3) is 30.2. The van der Waals surface area contributed by atoms with Gasteiger partial charge in [0.05, 0.1) is 20.6 Å². The topological polar surface area (TPSA) is 57.5 Å². The molecule has 0 amide bonds. The monoisotopic (exact) mass is 555 g/mol. The van der Waals surface area contributed by atoms with Crippen molar-refractivity contribution in [2.75, 3.05) is 27.2 Å². The van der Waals surface area contributed by atoms with Crippen LogP contribution >= 0.6 is 0 Å². The van der Waals surface area contributed by atoms with E-state index < -0.39 is 11.6 Å². The first-order chi connectivity index (χ1) is 18.7. The number of aliphatic hydroxyl groups is 1. The Kier molecular flexibility index (Phi) is 25.9. The van der Waals surface area contributed by atoms with Gasteiger partial charge in [-0.3, -0.25) is 4.79 Å². The minimum atomic E-state index is -0.668. The summed E-state index contributed by atoms with van der Waals surface area (Å²) in [6, 6.07) is 0. The molecule has 0 radical (unpaired) electrons. The van der Waals surface area contributed by atoms with Gasteiger partial charge < -0.3 is 14.7 Å². The molecule has 2 N–H and O–H groups in total. The van der Waals surface area contributed by atoms with Crippen molar-refractivity contribution in [1.82, 2.24) is 0 Å². The molecule has 0 rings (SSSR count). The lowest BCUT2D eigenvalue weighted by Crippen LogP contribution is -2.50. The van der Waals surface area contributed by atoms with Gasteiger partial charge >= 0.3 is 5.97 Å². The summed E-state index contributed by atoms with van der Waals surface area (Å²) in [5.74, 6) is -0.668. The summed E-state index contributed by atoms with van der Waals surface area (Å²) in [5, 5.41) is 19.7. The summed E-state index contributed by atoms with van der Waals surface area (Å²) in [5.41, 5.74) is -0.555. The number of likely N-dealkylation sites (N-methyl/N-ethyl adjacent to an activating group) is 1. The number of hydrogen-bond donors (Lipinski definition) is 2. The first-order valence-corrected chi connectivity index (χ1v) is 17.4. The van der Waals surface area contributed by atoms with Crippen LogP contribution in [0.1, 0.15) is 187 Å². The predicted octanol–water partition coefficient (Wildman–Crippen LogP) is 10.5. The zero-order valence-electron chi connectivity index (χ0n) is 27.3. The summed E-state index contributed by atoms with van der Waals surface area (Å²) in [7, 11) is 4.55. The molecule has 0 aromatic heterocycles. The first-order valence-electron chi connectivity index (χ1n) is 17.4. The number of rotatable bonds is 31. The Balaban J connectivity index is 3.56. The molecule has 0 heterocycles. The van der Waals surface area contributed by atoms with Gasteiger partial charge in [0.2, 0.25) is 0 Å². The molecule has 0 aromatic carbocycles. The van der Waals surface area contributed by atoms with Crippen LogP contribution in [-0.4, -0.2) is 53.5 Å². The van der Waals surface area contributed by atoms with E-state index >= 15 is 0 Å². The molecule has 0 saturated heterocycles. The molecule has 1 unspecified atom stereocenters. The van der Waals surface area contributed by atoms with Crippen molar-refractivity contribution < 1.29 is 19.5 Å². The summed E-state index contributed by atoms with van der Waals surface area (Å²) < 4.78 is 0.912. The SMILES string of the molecule is CCCCCCCCCCCCCCCCCCC(C)(O)C[N+](C)(C)CCCCCCCCCCCC(=O)O. The van der Waals surface area contributed by atoms with Crippen molar-refractivity contribution in [3.05, 3.63) is 0 Å². The van der Waals surface area contributed by atoms with Crippen LogP contribution in [0.4, 0.5) is 0 Å². The zero-order valence-corrected chi connectivity index (χ0v) is 27.3. The number of unbranched alkanes of at least 4 members (excludes halogenated alkanes) is 23. The van der Waals surface area contributed by atoms with Gasteiger partial charge in [-0.25, -0.2) is 0 Å². The van der Waals surface area contributed by atoms with E-state index in [2.05, 4.69) is 27.9 Å². The van der Waals surface area contributed by atoms with Crippen LogP contribution in [0.15, 0.2) is 0 Å². The van der Waals surface area contributed by atoms with Crippen molar-refractivity contribution in [1.29, 1.82) is 0 Å². The Morgan fingerprint density at radius 2 is 0.897 bits per heavy atom. The minimum Gasteiger partial charge on any atom is -0.481 e. The molecule has 0 saturated carbocycles. The largest absolute Gasteiger partial charge is 0.481 e. The number of aliphatic carboxylic acids is 1. The Morgan fingerprint density at radius 3 is 1.28 bits per heavy atom. The molecule has 4 nitrogen and oxygen atoms in total. The lowest BCUT2D eigenvalue weighted by molar-refractivity contribution is -0.896. The van der Waals surface area contributed by atoms with E-state index in [4.69, 9.17) is 5.11 Å². The average molecular weight is 555 g/mol. The third-order valence-corrected chi connectivity index (χ3v) is 8.49. The predicted molar refractivity (Wildman–Crippen MR) is 170 cm³/mol. The second-order valence-electron chi connectivity index (χ2n) is 13.7. The molecule has 0 aliphatic carbocycles. The molecule has 0 aliphatic rings. The van der Waals surface area contributed by atoms with Crippen LogP contribution in [0.3, 0.4) is 0 Å². The summed E-state index contributed by atoms with van der Waals surface area (Å²) in [6.45, 7) is 6.33. The lowest BCUT2D eigenvalue weighted by Gasteiger charge is -2.36. The molecule has 39 heavy (non-hydrogen) atoms. The quantitative estimate of drug-likeness (QED) is 0.0662.